The first-order valence-corrected chi connectivity index (χ1v) is 6.69. The molecule has 0 heterocycles. The summed E-state index contributed by atoms with van der Waals surface area (Å²) in [4.78, 5) is 11.3. The van der Waals surface area contributed by atoms with Crippen LogP contribution in [0, 0.1) is 11.3 Å². The Morgan fingerprint density at radius 2 is 2.10 bits per heavy atom. The van der Waals surface area contributed by atoms with Crippen molar-refractivity contribution < 1.29 is 14.3 Å². The van der Waals surface area contributed by atoms with E-state index in [0.29, 0.717) is 17.1 Å². The molecule has 106 valence electrons. The van der Waals surface area contributed by atoms with Crippen LogP contribution in [0.3, 0.4) is 0 Å². The zero-order valence-corrected chi connectivity index (χ0v) is 11.5. The number of benzene rings is 1. The number of carbonyl (C=O) groups is 1. The van der Waals surface area contributed by atoms with Crippen molar-refractivity contribution in [2.75, 3.05) is 7.11 Å². The zero-order chi connectivity index (χ0) is 14.5. The van der Waals surface area contributed by atoms with Gasteiger partial charge in [0.05, 0.1) is 19.3 Å². The van der Waals surface area contributed by atoms with Crippen LogP contribution >= 0.6 is 0 Å². The van der Waals surface area contributed by atoms with E-state index in [1.54, 1.807) is 25.3 Å². The summed E-state index contributed by atoms with van der Waals surface area (Å²) in [7, 11) is 1.56. The van der Waals surface area contributed by atoms with Gasteiger partial charge in [0.25, 0.3) is 0 Å². The second-order valence-corrected chi connectivity index (χ2v) is 4.90. The Hall–Kier alpha value is -2.22. The lowest BCUT2D eigenvalue weighted by molar-refractivity contribution is -0.118. The van der Waals surface area contributed by atoms with E-state index in [1.807, 2.05) is 6.07 Å². The SMILES string of the molecule is COc1ccc(C(C#N)C(N)=O)cc1OC1CCCC1. The van der Waals surface area contributed by atoms with Crippen LogP contribution in [0.5, 0.6) is 11.5 Å². The van der Waals surface area contributed by atoms with Gasteiger partial charge in [0, 0.05) is 0 Å². The molecule has 1 atom stereocenters. The van der Waals surface area contributed by atoms with Gasteiger partial charge in [-0.3, -0.25) is 4.79 Å². The van der Waals surface area contributed by atoms with Gasteiger partial charge >= 0.3 is 0 Å². The Kier molecular flexibility index (Phi) is 4.46. The largest absolute Gasteiger partial charge is 0.493 e. The lowest BCUT2D eigenvalue weighted by Crippen LogP contribution is -2.20. The van der Waals surface area contributed by atoms with E-state index in [-0.39, 0.29) is 6.10 Å². The minimum atomic E-state index is -0.966. The van der Waals surface area contributed by atoms with Crippen LogP contribution in [-0.2, 0) is 4.79 Å². The molecule has 2 N–H and O–H groups in total. The fourth-order valence-corrected chi connectivity index (χ4v) is 2.45. The fourth-order valence-electron chi connectivity index (χ4n) is 2.45. The van der Waals surface area contributed by atoms with Crippen molar-refractivity contribution in [3.05, 3.63) is 23.8 Å². The number of amides is 1. The highest BCUT2D eigenvalue weighted by atomic mass is 16.5. The van der Waals surface area contributed by atoms with Crippen molar-refractivity contribution in [1.29, 1.82) is 5.26 Å². The van der Waals surface area contributed by atoms with E-state index in [0.717, 1.165) is 25.7 Å². The van der Waals surface area contributed by atoms with Gasteiger partial charge in [0.1, 0.15) is 5.92 Å². The van der Waals surface area contributed by atoms with Crippen molar-refractivity contribution in [3.8, 4) is 17.6 Å². The molecule has 0 spiro atoms. The van der Waals surface area contributed by atoms with Gasteiger partial charge in [-0.2, -0.15) is 5.26 Å². The van der Waals surface area contributed by atoms with Gasteiger partial charge in [-0.25, -0.2) is 0 Å². The lowest BCUT2D eigenvalue weighted by Gasteiger charge is -2.17. The number of nitrogens with zero attached hydrogens (tertiary/aromatic N) is 1. The Labute approximate surface area is 118 Å². The third-order valence-electron chi connectivity index (χ3n) is 3.53. The third kappa shape index (κ3) is 3.02. The molecule has 1 aromatic rings. The first kappa shape index (κ1) is 14.2. The summed E-state index contributed by atoms with van der Waals surface area (Å²) < 4.78 is 11.2. The van der Waals surface area contributed by atoms with E-state index >= 15 is 0 Å². The van der Waals surface area contributed by atoms with Crippen molar-refractivity contribution in [2.45, 2.75) is 37.7 Å². The third-order valence-corrected chi connectivity index (χ3v) is 3.53. The number of hydrogen-bond acceptors (Lipinski definition) is 4. The molecule has 1 fully saturated rings. The molecule has 1 saturated carbocycles. The maximum atomic E-state index is 11.3. The van der Waals surface area contributed by atoms with Gasteiger partial charge < -0.3 is 15.2 Å². The van der Waals surface area contributed by atoms with Gasteiger partial charge in [-0.1, -0.05) is 6.07 Å². The maximum absolute atomic E-state index is 11.3. The quantitative estimate of drug-likeness (QED) is 0.891. The van der Waals surface area contributed by atoms with Gasteiger partial charge in [0.15, 0.2) is 11.5 Å². The number of rotatable bonds is 5. The van der Waals surface area contributed by atoms with E-state index in [9.17, 15) is 4.79 Å². The van der Waals surface area contributed by atoms with E-state index in [2.05, 4.69) is 0 Å². The summed E-state index contributed by atoms with van der Waals surface area (Å²) in [5.74, 6) is -0.462. The maximum Gasteiger partial charge on any atom is 0.239 e. The zero-order valence-electron chi connectivity index (χ0n) is 11.5. The van der Waals surface area contributed by atoms with Crippen molar-refractivity contribution in [3.63, 3.8) is 0 Å². The molecule has 5 nitrogen and oxygen atoms in total. The second-order valence-electron chi connectivity index (χ2n) is 4.90. The highest BCUT2D eigenvalue weighted by molar-refractivity contribution is 5.85. The van der Waals surface area contributed by atoms with Crippen molar-refractivity contribution in [2.24, 2.45) is 5.73 Å². The van der Waals surface area contributed by atoms with Crippen LogP contribution < -0.4 is 15.2 Å². The monoisotopic (exact) mass is 274 g/mol. The Morgan fingerprint density at radius 1 is 1.40 bits per heavy atom. The highest BCUT2D eigenvalue weighted by Crippen LogP contribution is 2.34. The molecule has 0 aliphatic heterocycles. The van der Waals surface area contributed by atoms with E-state index < -0.39 is 11.8 Å². The molecule has 1 amide bonds. The Morgan fingerprint density at radius 3 is 2.65 bits per heavy atom. The number of carbonyl (C=O) groups excluding carboxylic acids is 1. The summed E-state index contributed by atoms with van der Waals surface area (Å²) in [6.45, 7) is 0. The summed E-state index contributed by atoms with van der Waals surface area (Å²) in [5, 5.41) is 9.03. The Balaban J connectivity index is 2.28. The molecule has 0 aromatic heterocycles. The van der Waals surface area contributed by atoms with Gasteiger partial charge in [-0.05, 0) is 43.4 Å². The van der Waals surface area contributed by atoms with Crippen molar-refractivity contribution >= 4 is 5.91 Å². The van der Waals surface area contributed by atoms with E-state index in [1.165, 1.54) is 0 Å². The van der Waals surface area contributed by atoms with Crippen LogP contribution in [0.25, 0.3) is 0 Å². The van der Waals surface area contributed by atoms with Crippen LogP contribution in [-0.4, -0.2) is 19.1 Å². The lowest BCUT2D eigenvalue weighted by atomic mass is 9.99. The average Bonchev–Trinajstić information content (AvgIpc) is 2.92. The number of ether oxygens (including phenoxy) is 2. The van der Waals surface area contributed by atoms with Crippen molar-refractivity contribution in [1.82, 2.24) is 0 Å². The molecule has 20 heavy (non-hydrogen) atoms. The van der Waals surface area contributed by atoms with Crippen LogP contribution in [0.1, 0.15) is 37.2 Å². The molecule has 1 aliphatic rings. The van der Waals surface area contributed by atoms with E-state index in [4.69, 9.17) is 20.5 Å². The molecule has 2 rings (SSSR count). The predicted octanol–water partition coefficient (Wildman–Crippen LogP) is 2.11. The first-order valence-electron chi connectivity index (χ1n) is 6.69. The molecule has 0 radical (unpaired) electrons. The Bertz CT molecular complexity index is 530. The number of methoxy groups -OCH3 is 1. The predicted molar refractivity (Wildman–Crippen MR) is 73.4 cm³/mol. The molecule has 5 heteroatoms. The minimum Gasteiger partial charge on any atom is -0.493 e. The van der Waals surface area contributed by atoms with Gasteiger partial charge in [0.2, 0.25) is 5.91 Å². The van der Waals surface area contributed by atoms with Crippen LogP contribution in [0.15, 0.2) is 18.2 Å². The average molecular weight is 274 g/mol. The summed E-state index contributed by atoms with van der Waals surface area (Å²) >= 11 is 0. The first-order chi connectivity index (χ1) is 9.65. The number of hydrogen-bond donors (Lipinski definition) is 1. The molecule has 0 bridgehead atoms. The molecular weight excluding hydrogens is 256 g/mol. The number of nitrogens with two attached hydrogens (primary N) is 1. The molecule has 1 aromatic carbocycles. The standard InChI is InChI=1S/C15H18N2O3/c1-19-13-7-6-10(12(9-16)15(17)18)8-14(13)20-11-4-2-3-5-11/h6-8,11-12H,2-5H2,1H3,(H2,17,18). The molecular formula is C15H18N2O3. The molecule has 1 aliphatic carbocycles. The topological polar surface area (TPSA) is 85.3 Å². The van der Waals surface area contributed by atoms with Crippen LogP contribution in [0.4, 0.5) is 0 Å². The number of nitriles is 1. The highest BCUT2D eigenvalue weighted by Gasteiger charge is 2.22. The molecule has 0 saturated heterocycles. The minimum absolute atomic E-state index is 0.174. The number of primary amides is 1. The molecule has 1 unspecified atom stereocenters. The second kappa shape index (κ2) is 6.29. The summed E-state index contributed by atoms with van der Waals surface area (Å²) in [6.07, 6.45) is 4.53. The fraction of sp³-hybridized carbons (Fsp3) is 0.467. The summed E-state index contributed by atoms with van der Waals surface area (Å²) in [6, 6.07) is 6.95. The normalized spacial score (nSPS) is 16.4. The van der Waals surface area contributed by atoms with Gasteiger partial charge in [-0.15, -0.1) is 0 Å². The smallest absolute Gasteiger partial charge is 0.239 e. The summed E-state index contributed by atoms with van der Waals surface area (Å²) in [5.41, 5.74) is 5.77. The van der Waals surface area contributed by atoms with Crippen LogP contribution in [0.2, 0.25) is 0 Å².